The van der Waals surface area contributed by atoms with Crippen molar-refractivity contribution in [2.45, 2.75) is 6.54 Å². The van der Waals surface area contributed by atoms with Gasteiger partial charge in [0, 0.05) is 27.9 Å². The number of benzene rings is 2. The van der Waals surface area contributed by atoms with Gasteiger partial charge in [-0.15, -0.1) is 0 Å². The maximum absolute atomic E-state index is 11.6. The Bertz CT molecular complexity index is 977. The number of para-hydroxylation sites is 1. The van der Waals surface area contributed by atoms with Crippen molar-refractivity contribution < 1.29 is 0 Å². The minimum absolute atomic E-state index is 0.247. The van der Waals surface area contributed by atoms with Crippen LogP contribution in [0.2, 0.25) is 0 Å². The van der Waals surface area contributed by atoms with Gasteiger partial charge in [0.15, 0.2) is 0 Å². The normalized spacial score (nSPS) is 12.8. The highest BCUT2D eigenvalue weighted by Crippen LogP contribution is 2.30. The molecule has 0 fully saturated rings. The minimum Gasteiger partial charge on any atom is -0.302 e. The smallest absolute Gasteiger partial charge is 0.272 e. The number of aliphatic imine (C=N–C) groups is 1. The van der Waals surface area contributed by atoms with E-state index in [0.29, 0.717) is 12.4 Å². The fourth-order valence-electron chi connectivity index (χ4n) is 2.79. The predicted molar refractivity (Wildman–Crippen MR) is 93.3 cm³/mol. The van der Waals surface area contributed by atoms with Gasteiger partial charge < -0.3 is 4.57 Å². The second-order valence-corrected chi connectivity index (χ2v) is 6.07. The summed E-state index contributed by atoms with van der Waals surface area (Å²) in [6.45, 7) is 0.363. The van der Waals surface area contributed by atoms with Crippen LogP contribution in [0.3, 0.4) is 0 Å². The average Bonchev–Trinajstić information content (AvgIpc) is 2.73. The number of halogens is 1. The molecule has 0 N–H and O–H groups in total. The van der Waals surface area contributed by atoms with Crippen molar-refractivity contribution in [3.05, 3.63) is 92.6 Å². The van der Waals surface area contributed by atoms with Gasteiger partial charge >= 0.3 is 0 Å². The van der Waals surface area contributed by atoms with Gasteiger partial charge in [0.25, 0.3) is 5.56 Å². The van der Waals surface area contributed by atoms with E-state index in [1.807, 2.05) is 53.1 Å². The van der Waals surface area contributed by atoms with Gasteiger partial charge in [-0.3, -0.25) is 9.79 Å². The first-order chi connectivity index (χ1) is 11.2. The summed E-state index contributed by atoms with van der Waals surface area (Å²) in [5.41, 5.74) is 3.66. The van der Waals surface area contributed by atoms with Crippen LogP contribution in [0.4, 0.5) is 0 Å². The Kier molecular flexibility index (Phi) is 3.42. The molecule has 5 heteroatoms. The van der Waals surface area contributed by atoms with Gasteiger partial charge in [-0.1, -0.05) is 42.5 Å². The summed E-state index contributed by atoms with van der Waals surface area (Å²) in [6.07, 6.45) is 1.76. The van der Waals surface area contributed by atoms with Crippen LogP contribution in [0.5, 0.6) is 0 Å². The largest absolute Gasteiger partial charge is 0.302 e. The van der Waals surface area contributed by atoms with E-state index in [1.165, 1.54) is 6.07 Å². The van der Waals surface area contributed by atoms with Crippen LogP contribution in [-0.4, -0.2) is 15.3 Å². The predicted octanol–water partition coefficient (Wildman–Crippen LogP) is 3.35. The van der Waals surface area contributed by atoms with Crippen LogP contribution < -0.4 is 5.56 Å². The molecule has 0 radical (unpaired) electrons. The van der Waals surface area contributed by atoms with E-state index in [1.54, 1.807) is 6.20 Å². The molecule has 112 valence electrons. The van der Waals surface area contributed by atoms with Crippen LogP contribution in [-0.2, 0) is 6.54 Å². The first-order valence-electron chi connectivity index (χ1n) is 7.22. The molecule has 23 heavy (non-hydrogen) atoms. The maximum atomic E-state index is 11.6. The van der Waals surface area contributed by atoms with Crippen LogP contribution in [0, 0.1) is 0 Å². The number of aromatic nitrogens is 2. The molecule has 0 saturated carbocycles. The molecule has 0 saturated heterocycles. The monoisotopic (exact) mass is 365 g/mol. The lowest BCUT2D eigenvalue weighted by atomic mass is 10.0. The van der Waals surface area contributed by atoms with E-state index >= 15 is 0 Å². The quantitative estimate of drug-likeness (QED) is 0.663. The number of fused-ring (bicyclic) bond motifs is 3. The Morgan fingerprint density at radius 2 is 1.83 bits per heavy atom. The molecule has 2 heterocycles. The van der Waals surface area contributed by atoms with Gasteiger partial charge in [-0.05, 0) is 22.0 Å². The molecule has 0 unspecified atom stereocenters. The zero-order valence-corrected chi connectivity index (χ0v) is 13.7. The lowest BCUT2D eigenvalue weighted by Crippen LogP contribution is -2.15. The van der Waals surface area contributed by atoms with E-state index in [4.69, 9.17) is 4.99 Å². The topological polar surface area (TPSA) is 47.2 Å². The summed E-state index contributed by atoms with van der Waals surface area (Å²) >= 11 is 3.62. The Hall–Kier alpha value is -2.53. The van der Waals surface area contributed by atoms with E-state index in [-0.39, 0.29) is 5.56 Å². The van der Waals surface area contributed by atoms with Gasteiger partial charge in [0.05, 0.1) is 17.9 Å². The Labute approximate surface area is 141 Å². The zero-order valence-electron chi connectivity index (χ0n) is 12.1. The molecule has 2 aromatic carbocycles. The molecule has 3 aromatic rings. The van der Waals surface area contributed by atoms with Gasteiger partial charge in [-0.25, -0.2) is 0 Å². The van der Waals surface area contributed by atoms with Crippen molar-refractivity contribution in [3.8, 4) is 5.69 Å². The van der Waals surface area contributed by atoms with E-state index in [0.717, 1.165) is 27.0 Å². The number of rotatable bonds is 1. The SMILES string of the molecule is O=c1ccn2c(n1)CN=C(c1ccccc1)c1cccc(Br)c1-2. The van der Waals surface area contributed by atoms with E-state index in [2.05, 4.69) is 20.9 Å². The molecule has 4 rings (SSSR count). The lowest BCUT2D eigenvalue weighted by molar-refractivity contribution is 0.817. The molecule has 0 bridgehead atoms. The van der Waals surface area contributed by atoms with Crippen molar-refractivity contribution in [3.63, 3.8) is 0 Å². The second-order valence-electron chi connectivity index (χ2n) is 5.22. The van der Waals surface area contributed by atoms with E-state index in [9.17, 15) is 4.79 Å². The molecule has 0 spiro atoms. The maximum Gasteiger partial charge on any atom is 0.272 e. The van der Waals surface area contributed by atoms with Crippen molar-refractivity contribution in [1.82, 2.24) is 9.55 Å². The summed E-state index contributed by atoms with van der Waals surface area (Å²) < 4.78 is 2.87. The fraction of sp³-hybridized carbons (Fsp3) is 0.0556. The highest BCUT2D eigenvalue weighted by molar-refractivity contribution is 9.10. The van der Waals surface area contributed by atoms with Gasteiger partial charge in [0.2, 0.25) is 0 Å². The Morgan fingerprint density at radius 3 is 2.65 bits per heavy atom. The standard InChI is InChI=1S/C18H12BrN3O/c19-14-8-4-7-13-17(12-5-2-1-3-6-12)20-11-15-21-16(23)9-10-22(15)18(13)14/h1-10H,11H2. The molecule has 1 aromatic heterocycles. The van der Waals surface area contributed by atoms with Crippen LogP contribution >= 0.6 is 15.9 Å². The summed E-state index contributed by atoms with van der Waals surface area (Å²) in [5, 5.41) is 0. The van der Waals surface area contributed by atoms with Crippen molar-refractivity contribution in [2.24, 2.45) is 4.99 Å². The van der Waals surface area contributed by atoms with Crippen LogP contribution in [0.15, 0.2) is 75.1 Å². The molecule has 4 nitrogen and oxygen atoms in total. The molecule has 1 aliphatic rings. The third-order valence-electron chi connectivity index (χ3n) is 3.79. The highest BCUT2D eigenvalue weighted by Gasteiger charge is 2.20. The van der Waals surface area contributed by atoms with Crippen molar-refractivity contribution in [2.75, 3.05) is 0 Å². The van der Waals surface area contributed by atoms with Crippen molar-refractivity contribution >= 4 is 21.6 Å². The summed E-state index contributed by atoms with van der Waals surface area (Å²) in [5.74, 6) is 0.636. The number of hydrogen-bond acceptors (Lipinski definition) is 3. The zero-order chi connectivity index (χ0) is 15.8. The molecule has 0 amide bonds. The third-order valence-corrected chi connectivity index (χ3v) is 4.43. The number of hydrogen-bond donors (Lipinski definition) is 0. The van der Waals surface area contributed by atoms with E-state index < -0.39 is 0 Å². The Morgan fingerprint density at radius 1 is 1.00 bits per heavy atom. The van der Waals surface area contributed by atoms with Crippen LogP contribution in [0.1, 0.15) is 17.0 Å². The van der Waals surface area contributed by atoms with Gasteiger partial charge in [0.1, 0.15) is 5.82 Å². The average molecular weight is 366 g/mol. The third kappa shape index (κ3) is 2.43. The Balaban J connectivity index is 2.04. The molecular formula is C18H12BrN3O. The highest BCUT2D eigenvalue weighted by atomic mass is 79.9. The summed E-state index contributed by atoms with van der Waals surface area (Å²) in [7, 11) is 0. The van der Waals surface area contributed by atoms with Crippen molar-refractivity contribution in [1.29, 1.82) is 0 Å². The fourth-order valence-corrected chi connectivity index (χ4v) is 3.34. The molecular weight excluding hydrogens is 354 g/mol. The lowest BCUT2D eigenvalue weighted by Gasteiger charge is -2.15. The molecule has 0 aliphatic carbocycles. The first-order valence-corrected chi connectivity index (χ1v) is 8.01. The first kappa shape index (κ1) is 14.1. The summed E-state index contributed by atoms with van der Waals surface area (Å²) in [4.78, 5) is 20.5. The van der Waals surface area contributed by atoms with Crippen LogP contribution in [0.25, 0.3) is 5.69 Å². The van der Waals surface area contributed by atoms with Gasteiger partial charge in [-0.2, -0.15) is 4.98 Å². The number of nitrogens with zero attached hydrogens (tertiary/aromatic N) is 3. The minimum atomic E-state index is -0.247. The molecule has 0 atom stereocenters. The second kappa shape index (κ2) is 5.59. The summed E-state index contributed by atoms with van der Waals surface area (Å²) in [6, 6.07) is 17.5. The molecule has 1 aliphatic heterocycles.